The van der Waals surface area contributed by atoms with Crippen molar-refractivity contribution in [1.29, 1.82) is 0 Å². The van der Waals surface area contributed by atoms with Gasteiger partial charge in [-0.15, -0.1) is 0 Å². The van der Waals surface area contributed by atoms with E-state index in [1.54, 1.807) is 13.0 Å². The lowest BCUT2D eigenvalue weighted by Gasteiger charge is -2.11. The van der Waals surface area contributed by atoms with E-state index in [2.05, 4.69) is 25.5 Å². The van der Waals surface area contributed by atoms with Crippen molar-refractivity contribution >= 4 is 11.5 Å². The smallest absolute Gasteiger partial charge is 0.290 e. The quantitative estimate of drug-likeness (QED) is 0.628. The third kappa shape index (κ3) is 2.42. The summed E-state index contributed by atoms with van der Waals surface area (Å²) in [6.45, 7) is 3.49. The molecular weight excluding hydrogens is 236 g/mol. The van der Waals surface area contributed by atoms with Crippen LogP contribution in [0.25, 0.3) is 0 Å². The maximum absolute atomic E-state index is 10.7. The van der Waals surface area contributed by atoms with Crippen LogP contribution in [0.1, 0.15) is 24.5 Å². The van der Waals surface area contributed by atoms with Gasteiger partial charge in [-0.05, 0) is 19.9 Å². The number of hydrogen-bond donors (Lipinski definition) is 2. The maximum Gasteiger partial charge on any atom is 0.290 e. The van der Waals surface area contributed by atoms with Crippen LogP contribution in [0.5, 0.6) is 0 Å². The lowest BCUT2D eigenvalue weighted by molar-refractivity contribution is -0.385. The Labute approximate surface area is 103 Å². The van der Waals surface area contributed by atoms with E-state index in [4.69, 9.17) is 0 Å². The molecule has 0 amide bonds. The highest BCUT2D eigenvalue weighted by molar-refractivity contribution is 5.45. The van der Waals surface area contributed by atoms with E-state index in [1.165, 1.54) is 12.4 Å². The fourth-order valence-electron chi connectivity index (χ4n) is 1.54. The van der Waals surface area contributed by atoms with Crippen molar-refractivity contribution in [3.8, 4) is 0 Å². The molecule has 1 atom stereocenters. The number of rotatable bonds is 4. The van der Waals surface area contributed by atoms with Crippen molar-refractivity contribution < 1.29 is 4.92 Å². The number of H-pyrrole nitrogens is 1. The summed E-state index contributed by atoms with van der Waals surface area (Å²) in [5.41, 5.74) is 0.377. The van der Waals surface area contributed by atoms with E-state index in [1.807, 2.05) is 6.92 Å². The Morgan fingerprint density at radius 1 is 1.50 bits per heavy atom. The minimum absolute atomic E-state index is 0.00729. The number of hydrogen-bond acceptors (Lipinski definition) is 6. The molecule has 0 spiro atoms. The number of nitrogens with one attached hydrogen (secondary N) is 2. The van der Waals surface area contributed by atoms with Crippen LogP contribution in [0.3, 0.4) is 0 Å². The number of anilines is 1. The second-order valence-electron chi connectivity index (χ2n) is 3.79. The molecule has 0 saturated heterocycles. The first-order chi connectivity index (χ1) is 8.58. The first-order valence-corrected chi connectivity index (χ1v) is 5.31. The topological polar surface area (TPSA) is 110 Å². The summed E-state index contributed by atoms with van der Waals surface area (Å²) in [6.07, 6.45) is 1.42. The lowest BCUT2D eigenvalue weighted by atomic mass is 10.3. The minimum atomic E-state index is -0.452. The molecule has 2 aromatic heterocycles. The molecule has 0 fully saturated rings. The standard InChI is InChI=1S/C10H12N6O2/c1-6-8(16(17)18)3-4-9(13-6)14-7(2)10-11-5-12-15-10/h3-5,7H,1-2H3,(H,13,14)(H,11,12,15). The number of nitrogens with zero attached hydrogens (tertiary/aromatic N) is 4. The van der Waals surface area contributed by atoms with Gasteiger partial charge in [-0.3, -0.25) is 15.2 Å². The molecule has 18 heavy (non-hydrogen) atoms. The zero-order chi connectivity index (χ0) is 13.1. The molecule has 94 valence electrons. The van der Waals surface area contributed by atoms with Crippen LogP contribution in [0.4, 0.5) is 11.5 Å². The Morgan fingerprint density at radius 3 is 2.83 bits per heavy atom. The summed E-state index contributed by atoms with van der Waals surface area (Å²) in [5, 5.41) is 20.2. The second kappa shape index (κ2) is 4.78. The van der Waals surface area contributed by atoms with Gasteiger partial charge in [0, 0.05) is 6.07 Å². The number of aryl methyl sites for hydroxylation is 1. The summed E-state index contributed by atoms with van der Waals surface area (Å²) in [6, 6.07) is 2.89. The minimum Gasteiger partial charge on any atom is -0.360 e. The van der Waals surface area contributed by atoms with E-state index >= 15 is 0 Å². The maximum atomic E-state index is 10.7. The average Bonchev–Trinajstić information content (AvgIpc) is 2.81. The molecule has 2 N–H and O–H groups in total. The Bertz CT molecular complexity index is 554. The monoisotopic (exact) mass is 248 g/mol. The van der Waals surface area contributed by atoms with Gasteiger partial charge >= 0.3 is 0 Å². The molecule has 8 heteroatoms. The highest BCUT2D eigenvalue weighted by atomic mass is 16.6. The van der Waals surface area contributed by atoms with Crippen LogP contribution in [0, 0.1) is 17.0 Å². The molecule has 8 nitrogen and oxygen atoms in total. The molecular formula is C10H12N6O2. The predicted octanol–water partition coefficient (Wildman–Crippen LogP) is 1.59. The Balaban J connectivity index is 2.15. The fraction of sp³-hybridized carbons (Fsp3) is 0.300. The van der Waals surface area contributed by atoms with Crippen molar-refractivity contribution in [3.63, 3.8) is 0 Å². The van der Waals surface area contributed by atoms with Gasteiger partial charge in [0.15, 0.2) is 0 Å². The highest BCUT2D eigenvalue weighted by Gasteiger charge is 2.14. The molecule has 2 rings (SSSR count). The molecule has 0 aliphatic rings. The lowest BCUT2D eigenvalue weighted by Crippen LogP contribution is -2.10. The largest absolute Gasteiger partial charge is 0.360 e. The number of aromatic amines is 1. The summed E-state index contributed by atoms with van der Waals surface area (Å²) in [7, 11) is 0. The molecule has 0 bridgehead atoms. The van der Waals surface area contributed by atoms with Crippen molar-refractivity contribution in [2.75, 3.05) is 5.32 Å². The zero-order valence-electron chi connectivity index (χ0n) is 9.91. The van der Waals surface area contributed by atoms with Crippen LogP contribution in [0.2, 0.25) is 0 Å². The van der Waals surface area contributed by atoms with Crippen LogP contribution < -0.4 is 5.32 Å². The van der Waals surface area contributed by atoms with Crippen LogP contribution in [0.15, 0.2) is 18.5 Å². The Kier molecular flexibility index (Phi) is 3.18. The summed E-state index contributed by atoms with van der Waals surface area (Å²) >= 11 is 0. The number of pyridine rings is 1. The van der Waals surface area contributed by atoms with Gasteiger partial charge in [-0.25, -0.2) is 9.97 Å². The van der Waals surface area contributed by atoms with Gasteiger partial charge in [0.2, 0.25) is 0 Å². The zero-order valence-corrected chi connectivity index (χ0v) is 9.91. The van der Waals surface area contributed by atoms with Crippen LogP contribution >= 0.6 is 0 Å². The average molecular weight is 248 g/mol. The predicted molar refractivity (Wildman–Crippen MR) is 64.0 cm³/mol. The summed E-state index contributed by atoms with van der Waals surface area (Å²) in [5.74, 6) is 1.23. The molecule has 2 heterocycles. The molecule has 0 radical (unpaired) electrons. The number of aromatic nitrogens is 4. The van der Waals surface area contributed by atoms with Gasteiger partial charge in [-0.2, -0.15) is 5.10 Å². The van der Waals surface area contributed by atoms with Crippen molar-refractivity contribution in [2.45, 2.75) is 19.9 Å². The first-order valence-electron chi connectivity index (χ1n) is 5.31. The third-order valence-electron chi connectivity index (χ3n) is 2.46. The molecule has 1 unspecified atom stereocenters. The fourth-order valence-corrected chi connectivity index (χ4v) is 1.54. The van der Waals surface area contributed by atoms with Gasteiger partial charge < -0.3 is 5.32 Å². The van der Waals surface area contributed by atoms with E-state index in [-0.39, 0.29) is 11.7 Å². The summed E-state index contributed by atoms with van der Waals surface area (Å²) < 4.78 is 0. The van der Waals surface area contributed by atoms with E-state index in [0.29, 0.717) is 17.3 Å². The van der Waals surface area contributed by atoms with Crippen LogP contribution in [-0.4, -0.2) is 25.1 Å². The van der Waals surface area contributed by atoms with Gasteiger partial charge in [-0.1, -0.05) is 0 Å². The van der Waals surface area contributed by atoms with E-state index in [9.17, 15) is 10.1 Å². The SMILES string of the molecule is Cc1nc(NC(C)c2ncn[nH]2)ccc1[N+](=O)[O-]. The van der Waals surface area contributed by atoms with E-state index < -0.39 is 4.92 Å². The van der Waals surface area contributed by atoms with Crippen LogP contribution in [-0.2, 0) is 0 Å². The Hall–Kier alpha value is -2.51. The second-order valence-corrected chi connectivity index (χ2v) is 3.79. The Morgan fingerprint density at radius 2 is 2.28 bits per heavy atom. The van der Waals surface area contributed by atoms with Gasteiger partial charge in [0.25, 0.3) is 5.69 Å². The molecule has 0 aliphatic carbocycles. The van der Waals surface area contributed by atoms with Crippen molar-refractivity contribution in [3.05, 3.63) is 40.1 Å². The first kappa shape index (κ1) is 12.0. The van der Waals surface area contributed by atoms with Gasteiger partial charge in [0.05, 0.1) is 11.0 Å². The van der Waals surface area contributed by atoms with Crippen molar-refractivity contribution in [1.82, 2.24) is 20.2 Å². The molecule has 0 aliphatic heterocycles. The van der Waals surface area contributed by atoms with E-state index in [0.717, 1.165) is 0 Å². The summed E-state index contributed by atoms with van der Waals surface area (Å²) in [4.78, 5) is 18.4. The number of nitro groups is 1. The highest BCUT2D eigenvalue weighted by Crippen LogP contribution is 2.20. The molecule has 0 aromatic carbocycles. The molecule has 2 aromatic rings. The van der Waals surface area contributed by atoms with Crippen molar-refractivity contribution in [2.24, 2.45) is 0 Å². The van der Waals surface area contributed by atoms with Gasteiger partial charge in [0.1, 0.15) is 23.7 Å². The molecule has 0 saturated carbocycles. The third-order valence-corrected chi connectivity index (χ3v) is 2.46. The normalized spacial score (nSPS) is 12.1.